The summed E-state index contributed by atoms with van der Waals surface area (Å²) in [7, 11) is 0. The molecule has 2 saturated heterocycles. The van der Waals surface area contributed by atoms with Gasteiger partial charge in [0.25, 0.3) is 11.8 Å². The van der Waals surface area contributed by atoms with Gasteiger partial charge in [0.2, 0.25) is 0 Å². The molecular formula is C25H44N8O4S2. The van der Waals surface area contributed by atoms with Crippen molar-refractivity contribution in [2.24, 2.45) is 22.3 Å². The van der Waals surface area contributed by atoms with Crippen LogP contribution in [0.4, 0.5) is 9.59 Å². The maximum atomic E-state index is 13.4. The minimum absolute atomic E-state index is 0.0507. The molecule has 0 aromatic carbocycles. The topological polar surface area (TPSA) is 140 Å². The van der Waals surface area contributed by atoms with Crippen LogP contribution in [0.3, 0.4) is 0 Å². The standard InChI is InChI=1S/C25H44N8O4S2/c1-9-24(5,6)18(32-16(34)13-28(11-3)22(32)36)30(20(26)38)15-31(21(27)39)19(25(7,8)10-2)33-17(35)14-29(12-4)23(33)37/h18-19H,9-15H2,1-8H3,(H2,26,38)(H2,27,39). The molecule has 2 rings (SSSR count). The number of thiocarbonyl (C=S) groups is 2. The Bertz CT molecular complexity index is 942. The average Bonchev–Trinajstić information content (AvgIpc) is 3.31. The minimum atomic E-state index is -0.879. The number of amides is 6. The quantitative estimate of drug-likeness (QED) is 0.199. The molecule has 2 unspecified atom stereocenters. The van der Waals surface area contributed by atoms with Crippen molar-refractivity contribution in [1.82, 2.24) is 29.4 Å². The smallest absolute Gasteiger partial charge is 0.328 e. The van der Waals surface area contributed by atoms with Gasteiger partial charge in [-0.3, -0.25) is 9.59 Å². The summed E-state index contributed by atoms with van der Waals surface area (Å²) in [5.41, 5.74) is 11.3. The van der Waals surface area contributed by atoms with Gasteiger partial charge in [-0.1, -0.05) is 41.5 Å². The molecule has 2 fully saturated rings. The molecule has 0 aromatic rings. The Morgan fingerprint density at radius 1 is 0.744 bits per heavy atom. The SMILES string of the molecule is CCN1CC(=O)N(C(N(CN(C(N)=S)C(N2C(=O)CN(CC)C2=O)C(C)(C)CC)C(N)=S)C(C)(C)CC)C1=O. The number of rotatable bonds is 12. The third-order valence-electron chi connectivity index (χ3n) is 8.08. The van der Waals surface area contributed by atoms with E-state index in [2.05, 4.69) is 0 Å². The molecule has 2 atom stereocenters. The molecule has 14 heteroatoms. The predicted octanol–water partition coefficient (Wildman–Crippen LogP) is 2.13. The molecule has 0 aliphatic carbocycles. The van der Waals surface area contributed by atoms with Crippen LogP contribution in [0.25, 0.3) is 0 Å². The van der Waals surface area contributed by atoms with Gasteiger partial charge in [-0.05, 0) is 51.1 Å². The lowest BCUT2D eigenvalue weighted by Gasteiger charge is -2.51. The van der Waals surface area contributed by atoms with Gasteiger partial charge in [-0.15, -0.1) is 0 Å². The zero-order valence-electron chi connectivity index (χ0n) is 24.4. The molecule has 12 nitrogen and oxygen atoms in total. The summed E-state index contributed by atoms with van der Waals surface area (Å²) in [6.07, 6.45) is -0.608. The number of nitrogens with zero attached hydrogens (tertiary/aromatic N) is 6. The number of carbonyl (C=O) groups is 4. The van der Waals surface area contributed by atoms with Crippen molar-refractivity contribution in [2.75, 3.05) is 32.8 Å². The summed E-state index contributed by atoms with van der Waals surface area (Å²) < 4.78 is 0. The van der Waals surface area contributed by atoms with Crippen LogP contribution < -0.4 is 11.5 Å². The van der Waals surface area contributed by atoms with E-state index in [1.165, 1.54) is 19.6 Å². The lowest BCUT2D eigenvalue weighted by Crippen LogP contribution is -2.67. The first-order valence-corrected chi connectivity index (χ1v) is 14.2. The third-order valence-corrected chi connectivity index (χ3v) is 8.55. The molecule has 39 heavy (non-hydrogen) atoms. The maximum Gasteiger partial charge on any atom is 0.328 e. The van der Waals surface area contributed by atoms with Crippen LogP contribution in [0.15, 0.2) is 0 Å². The van der Waals surface area contributed by atoms with E-state index in [-0.39, 0.29) is 41.8 Å². The Morgan fingerprint density at radius 3 is 1.26 bits per heavy atom. The van der Waals surface area contributed by atoms with E-state index in [9.17, 15) is 19.2 Å². The number of hydrogen-bond acceptors (Lipinski definition) is 6. The van der Waals surface area contributed by atoms with Crippen LogP contribution in [-0.2, 0) is 9.59 Å². The van der Waals surface area contributed by atoms with E-state index < -0.39 is 35.2 Å². The number of urea groups is 2. The molecule has 0 saturated carbocycles. The van der Waals surface area contributed by atoms with Crippen LogP contribution in [-0.4, -0.2) is 109 Å². The Balaban J connectivity index is 2.69. The van der Waals surface area contributed by atoms with Gasteiger partial charge >= 0.3 is 12.1 Å². The van der Waals surface area contributed by atoms with Crippen LogP contribution in [0.2, 0.25) is 0 Å². The van der Waals surface area contributed by atoms with Crippen molar-refractivity contribution in [3.8, 4) is 0 Å². The second-order valence-corrected chi connectivity index (χ2v) is 12.1. The second-order valence-electron chi connectivity index (χ2n) is 11.3. The third kappa shape index (κ3) is 6.21. The Morgan fingerprint density at radius 2 is 1.05 bits per heavy atom. The minimum Gasteiger partial charge on any atom is -0.376 e. The van der Waals surface area contributed by atoms with Crippen LogP contribution in [0, 0.1) is 10.8 Å². The Labute approximate surface area is 242 Å². The molecule has 220 valence electrons. The number of imide groups is 2. The zero-order chi connectivity index (χ0) is 30.0. The molecular weight excluding hydrogens is 540 g/mol. The highest BCUT2D eigenvalue weighted by atomic mass is 32.1. The van der Waals surface area contributed by atoms with E-state index in [1.54, 1.807) is 23.6 Å². The predicted molar refractivity (Wildman–Crippen MR) is 157 cm³/mol. The maximum absolute atomic E-state index is 13.4. The molecule has 0 aromatic heterocycles. The fourth-order valence-electron chi connectivity index (χ4n) is 4.99. The van der Waals surface area contributed by atoms with Crippen molar-refractivity contribution in [3.05, 3.63) is 0 Å². The molecule has 0 spiro atoms. The van der Waals surface area contributed by atoms with Crippen molar-refractivity contribution in [1.29, 1.82) is 0 Å². The van der Waals surface area contributed by atoms with Crippen LogP contribution in [0.5, 0.6) is 0 Å². The zero-order valence-corrected chi connectivity index (χ0v) is 26.0. The van der Waals surface area contributed by atoms with Crippen molar-refractivity contribution < 1.29 is 19.2 Å². The van der Waals surface area contributed by atoms with Gasteiger partial charge in [0.15, 0.2) is 10.2 Å². The normalized spacial score (nSPS) is 18.3. The summed E-state index contributed by atoms with van der Waals surface area (Å²) in [6.45, 7) is 15.7. The van der Waals surface area contributed by atoms with Crippen LogP contribution >= 0.6 is 24.4 Å². The largest absolute Gasteiger partial charge is 0.376 e. The first-order valence-electron chi connectivity index (χ1n) is 13.3. The monoisotopic (exact) mass is 584 g/mol. The van der Waals surface area contributed by atoms with Crippen LogP contribution in [0.1, 0.15) is 68.2 Å². The fraction of sp³-hybridized carbons (Fsp3) is 0.760. The van der Waals surface area contributed by atoms with Gasteiger partial charge in [-0.25, -0.2) is 19.4 Å². The highest BCUT2D eigenvalue weighted by Crippen LogP contribution is 2.37. The van der Waals surface area contributed by atoms with Crippen molar-refractivity contribution >= 4 is 58.5 Å². The molecule has 6 amide bonds. The van der Waals surface area contributed by atoms with Gasteiger partial charge < -0.3 is 31.1 Å². The summed E-state index contributed by atoms with van der Waals surface area (Å²) in [6, 6.07) is -0.878. The summed E-state index contributed by atoms with van der Waals surface area (Å²) in [5.74, 6) is -0.740. The van der Waals surface area contributed by atoms with Crippen molar-refractivity contribution in [2.45, 2.75) is 80.6 Å². The van der Waals surface area contributed by atoms with E-state index in [4.69, 9.17) is 35.9 Å². The lowest BCUT2D eigenvalue weighted by molar-refractivity contribution is -0.134. The van der Waals surface area contributed by atoms with E-state index in [1.807, 2.05) is 41.5 Å². The van der Waals surface area contributed by atoms with Crippen molar-refractivity contribution in [3.63, 3.8) is 0 Å². The fourth-order valence-corrected chi connectivity index (χ4v) is 5.31. The number of nitrogens with two attached hydrogens (primary N) is 2. The molecule has 0 bridgehead atoms. The molecule has 2 aliphatic rings. The molecule has 2 heterocycles. The van der Waals surface area contributed by atoms with E-state index in [0.717, 1.165) is 0 Å². The summed E-state index contributed by atoms with van der Waals surface area (Å²) in [5, 5.41) is -0.165. The highest BCUT2D eigenvalue weighted by molar-refractivity contribution is 7.80. The molecule has 4 N–H and O–H groups in total. The average molecular weight is 585 g/mol. The van der Waals surface area contributed by atoms with Gasteiger partial charge in [0, 0.05) is 23.9 Å². The Kier molecular flexibility index (Phi) is 10.2. The van der Waals surface area contributed by atoms with E-state index in [0.29, 0.717) is 25.9 Å². The highest BCUT2D eigenvalue weighted by Gasteiger charge is 2.52. The summed E-state index contributed by atoms with van der Waals surface area (Å²) in [4.78, 5) is 61.5. The second kappa shape index (κ2) is 12.2. The van der Waals surface area contributed by atoms with E-state index >= 15 is 0 Å². The van der Waals surface area contributed by atoms with Gasteiger partial charge in [0.1, 0.15) is 25.4 Å². The van der Waals surface area contributed by atoms with Gasteiger partial charge in [-0.2, -0.15) is 0 Å². The summed E-state index contributed by atoms with van der Waals surface area (Å²) >= 11 is 11.0. The molecule has 2 aliphatic heterocycles. The first-order chi connectivity index (χ1) is 18.0. The Hall–Kier alpha value is -2.74. The number of carbonyl (C=O) groups excluding carboxylic acids is 4. The lowest BCUT2D eigenvalue weighted by atomic mass is 9.84. The first kappa shape index (κ1) is 32.5. The number of likely N-dealkylation sites (N-methyl/N-ethyl adjacent to an activating group) is 2. The number of hydrogen-bond donors (Lipinski definition) is 2. The van der Waals surface area contributed by atoms with Gasteiger partial charge in [0.05, 0.1) is 6.67 Å². The molecule has 0 radical (unpaired) electrons.